The first-order chi connectivity index (χ1) is 11.5. The van der Waals surface area contributed by atoms with Crippen LogP contribution < -0.4 is 10.6 Å². The molecule has 0 bridgehead atoms. The van der Waals surface area contributed by atoms with Crippen LogP contribution in [0.5, 0.6) is 5.75 Å². The summed E-state index contributed by atoms with van der Waals surface area (Å²) < 4.78 is 0. The van der Waals surface area contributed by atoms with Gasteiger partial charge in [0, 0.05) is 19.1 Å². The van der Waals surface area contributed by atoms with E-state index >= 15 is 0 Å². The van der Waals surface area contributed by atoms with Crippen molar-refractivity contribution in [2.45, 2.75) is 19.9 Å². The fourth-order valence-corrected chi connectivity index (χ4v) is 3.16. The second-order valence-electron chi connectivity index (χ2n) is 6.56. The van der Waals surface area contributed by atoms with Crippen LogP contribution in [-0.4, -0.2) is 34.2 Å². The molecule has 0 radical (unpaired) electrons. The first-order valence-electron chi connectivity index (χ1n) is 8.09. The van der Waals surface area contributed by atoms with E-state index in [4.69, 9.17) is 10.7 Å². The molecule has 5 nitrogen and oxygen atoms in total. The highest BCUT2D eigenvalue weighted by atomic mass is 16.3. The summed E-state index contributed by atoms with van der Waals surface area (Å²) in [5, 5.41) is 9.96. The van der Waals surface area contributed by atoms with Gasteiger partial charge in [-0.1, -0.05) is 6.07 Å². The number of fused-ring (bicyclic) bond motifs is 1. The molecule has 0 aliphatic carbocycles. The minimum Gasteiger partial charge on any atom is -0.507 e. The zero-order chi connectivity index (χ0) is 16.8. The molecule has 2 aromatic carbocycles. The van der Waals surface area contributed by atoms with Crippen LogP contribution in [0.4, 0.5) is 5.82 Å². The third-order valence-corrected chi connectivity index (χ3v) is 4.59. The number of phenols is 1. The van der Waals surface area contributed by atoms with Gasteiger partial charge in [-0.25, -0.2) is 4.98 Å². The number of phenolic OH excluding ortho intramolecular Hbond substituents is 1. The van der Waals surface area contributed by atoms with Crippen LogP contribution in [0.15, 0.2) is 36.5 Å². The lowest BCUT2D eigenvalue weighted by Gasteiger charge is -2.37. The number of anilines is 1. The fourth-order valence-electron chi connectivity index (χ4n) is 3.16. The van der Waals surface area contributed by atoms with Crippen LogP contribution in [0.2, 0.25) is 0 Å². The van der Waals surface area contributed by atoms with Gasteiger partial charge in [-0.3, -0.25) is 4.98 Å². The van der Waals surface area contributed by atoms with Crippen molar-refractivity contribution in [3.05, 3.63) is 47.7 Å². The first-order valence-corrected chi connectivity index (χ1v) is 8.09. The van der Waals surface area contributed by atoms with E-state index in [1.54, 1.807) is 0 Å². The number of nitrogens with two attached hydrogens (primary N) is 1. The topological polar surface area (TPSA) is 75.3 Å². The zero-order valence-electron chi connectivity index (χ0n) is 13.8. The molecule has 1 saturated heterocycles. The maximum absolute atomic E-state index is 9.96. The lowest BCUT2D eigenvalue weighted by molar-refractivity contribution is 0.467. The molecular weight excluding hydrogens is 300 g/mol. The summed E-state index contributed by atoms with van der Waals surface area (Å²) in [5.41, 5.74) is 11.5. The normalized spacial score (nSPS) is 14.9. The van der Waals surface area contributed by atoms with E-state index in [1.165, 1.54) is 0 Å². The summed E-state index contributed by atoms with van der Waals surface area (Å²) in [4.78, 5) is 11.4. The van der Waals surface area contributed by atoms with Crippen LogP contribution in [0.25, 0.3) is 22.2 Å². The maximum Gasteiger partial charge on any atom is 0.147 e. The number of nitrogens with zero attached hydrogens (tertiary/aromatic N) is 3. The van der Waals surface area contributed by atoms with Crippen LogP contribution in [0.3, 0.4) is 0 Å². The Kier molecular flexibility index (Phi) is 3.39. The van der Waals surface area contributed by atoms with Gasteiger partial charge in [-0.15, -0.1) is 0 Å². The summed E-state index contributed by atoms with van der Waals surface area (Å²) in [7, 11) is 0. The van der Waals surface area contributed by atoms with Crippen molar-refractivity contribution < 1.29 is 5.11 Å². The molecule has 1 aliphatic rings. The summed E-state index contributed by atoms with van der Waals surface area (Å²) in [6.07, 6.45) is 1.81. The lowest BCUT2D eigenvalue weighted by atomic mass is 9.99. The maximum atomic E-state index is 9.96. The second-order valence-corrected chi connectivity index (χ2v) is 6.56. The van der Waals surface area contributed by atoms with Crippen molar-refractivity contribution in [2.75, 3.05) is 18.0 Å². The molecular formula is C19H20N4O. The van der Waals surface area contributed by atoms with E-state index in [-0.39, 0.29) is 6.04 Å². The SMILES string of the molecule is Cc1cc(-c2ccc3ncc(N4CC(N)C4)nc3c2)cc(C)c1O. The molecule has 1 aliphatic heterocycles. The van der Waals surface area contributed by atoms with Crippen molar-refractivity contribution in [1.29, 1.82) is 0 Å². The Morgan fingerprint density at radius 1 is 1.04 bits per heavy atom. The van der Waals surface area contributed by atoms with Gasteiger partial charge in [0.2, 0.25) is 0 Å². The van der Waals surface area contributed by atoms with Gasteiger partial charge in [-0.05, 0) is 60.4 Å². The summed E-state index contributed by atoms with van der Waals surface area (Å²) in [6.45, 7) is 5.49. The molecule has 3 N–H and O–H groups in total. The third kappa shape index (κ3) is 2.47. The standard InChI is InChI=1S/C19H20N4O/c1-11-5-14(6-12(2)19(11)24)13-3-4-16-17(7-13)22-18(8-21-16)23-9-15(20)10-23/h3-8,15,24H,9-10,20H2,1-2H3. The third-order valence-electron chi connectivity index (χ3n) is 4.59. The predicted octanol–water partition coefficient (Wildman–Crippen LogP) is 2.77. The monoisotopic (exact) mass is 320 g/mol. The Labute approximate surface area is 140 Å². The smallest absolute Gasteiger partial charge is 0.147 e. The van der Waals surface area contributed by atoms with Crippen LogP contribution >= 0.6 is 0 Å². The van der Waals surface area contributed by atoms with E-state index in [1.807, 2.05) is 44.3 Å². The average Bonchev–Trinajstić information content (AvgIpc) is 2.55. The van der Waals surface area contributed by atoms with E-state index in [9.17, 15) is 5.11 Å². The highest BCUT2D eigenvalue weighted by Crippen LogP contribution is 2.30. The van der Waals surface area contributed by atoms with Crippen LogP contribution in [-0.2, 0) is 0 Å². The van der Waals surface area contributed by atoms with Gasteiger partial charge in [-0.2, -0.15) is 0 Å². The molecule has 5 heteroatoms. The number of hydrogen-bond donors (Lipinski definition) is 2. The highest BCUT2D eigenvalue weighted by molar-refractivity contribution is 5.82. The van der Waals surface area contributed by atoms with E-state index < -0.39 is 0 Å². The average molecular weight is 320 g/mol. The Hall–Kier alpha value is -2.66. The molecule has 0 spiro atoms. The van der Waals surface area contributed by atoms with Crippen molar-refractivity contribution in [1.82, 2.24) is 9.97 Å². The molecule has 0 atom stereocenters. The zero-order valence-corrected chi connectivity index (χ0v) is 13.8. The van der Waals surface area contributed by atoms with Crippen molar-refractivity contribution in [3.8, 4) is 16.9 Å². The minimum atomic E-state index is 0.233. The molecule has 0 unspecified atom stereocenters. The predicted molar refractivity (Wildman–Crippen MR) is 96.3 cm³/mol. The van der Waals surface area contributed by atoms with Gasteiger partial charge in [0.15, 0.2) is 0 Å². The fraction of sp³-hybridized carbons (Fsp3) is 0.263. The van der Waals surface area contributed by atoms with Crippen molar-refractivity contribution >= 4 is 16.9 Å². The Morgan fingerprint density at radius 2 is 1.75 bits per heavy atom. The number of aromatic hydroxyl groups is 1. The van der Waals surface area contributed by atoms with Crippen LogP contribution in [0.1, 0.15) is 11.1 Å². The molecule has 1 aromatic heterocycles. The Balaban J connectivity index is 1.77. The quantitative estimate of drug-likeness (QED) is 0.759. The molecule has 2 heterocycles. The molecule has 4 rings (SSSR count). The minimum absolute atomic E-state index is 0.233. The van der Waals surface area contributed by atoms with Crippen molar-refractivity contribution in [2.24, 2.45) is 5.73 Å². The number of benzene rings is 2. The molecule has 0 saturated carbocycles. The van der Waals surface area contributed by atoms with Gasteiger partial charge in [0.05, 0.1) is 17.2 Å². The van der Waals surface area contributed by atoms with Crippen molar-refractivity contribution in [3.63, 3.8) is 0 Å². The van der Waals surface area contributed by atoms with E-state index in [0.29, 0.717) is 5.75 Å². The molecule has 122 valence electrons. The molecule has 24 heavy (non-hydrogen) atoms. The highest BCUT2D eigenvalue weighted by Gasteiger charge is 2.24. The molecule has 1 fully saturated rings. The summed E-state index contributed by atoms with van der Waals surface area (Å²) >= 11 is 0. The number of aromatic nitrogens is 2. The number of hydrogen-bond acceptors (Lipinski definition) is 5. The van der Waals surface area contributed by atoms with Gasteiger partial charge in [0.1, 0.15) is 11.6 Å². The largest absolute Gasteiger partial charge is 0.507 e. The van der Waals surface area contributed by atoms with Crippen LogP contribution in [0, 0.1) is 13.8 Å². The molecule has 0 amide bonds. The number of aryl methyl sites for hydroxylation is 2. The van der Waals surface area contributed by atoms with E-state index in [2.05, 4.69) is 16.0 Å². The van der Waals surface area contributed by atoms with E-state index in [0.717, 1.165) is 52.2 Å². The second kappa shape index (κ2) is 5.46. The summed E-state index contributed by atoms with van der Waals surface area (Å²) in [5.74, 6) is 1.23. The van der Waals surface area contributed by atoms with Gasteiger partial charge < -0.3 is 15.7 Å². The first kappa shape index (κ1) is 14.9. The number of rotatable bonds is 2. The Bertz CT molecular complexity index is 909. The summed E-state index contributed by atoms with van der Waals surface area (Å²) in [6, 6.07) is 10.3. The lowest BCUT2D eigenvalue weighted by Crippen LogP contribution is -2.56. The Morgan fingerprint density at radius 3 is 2.42 bits per heavy atom. The van der Waals surface area contributed by atoms with Gasteiger partial charge >= 0.3 is 0 Å². The molecule has 3 aromatic rings. The van der Waals surface area contributed by atoms with Gasteiger partial charge in [0.25, 0.3) is 0 Å².